The zero-order valence-electron chi connectivity index (χ0n) is 19.1. The van der Waals surface area contributed by atoms with Crippen LogP contribution in [-0.4, -0.2) is 20.4 Å². The number of hydrogen-bond donors (Lipinski definition) is 1. The first-order valence-corrected chi connectivity index (χ1v) is 10.7. The monoisotopic (exact) mass is 452 g/mol. The van der Waals surface area contributed by atoms with Gasteiger partial charge in [-0.25, -0.2) is 0 Å². The highest BCUT2D eigenvalue weighted by atomic mass is 35.5. The molecule has 0 bridgehead atoms. The maximum absolute atomic E-state index is 6.14. The van der Waals surface area contributed by atoms with Crippen LogP contribution in [0.1, 0.15) is 37.5 Å². The first-order chi connectivity index (χ1) is 15.3. The highest BCUT2D eigenvalue weighted by Gasteiger charge is 2.13. The van der Waals surface area contributed by atoms with E-state index in [1.165, 1.54) is 5.56 Å². The molecule has 3 aromatic carbocycles. The van der Waals surface area contributed by atoms with Gasteiger partial charge in [-0.1, -0.05) is 56.6 Å². The van der Waals surface area contributed by atoms with Gasteiger partial charge in [0.15, 0.2) is 11.5 Å². The average molecular weight is 453 g/mol. The number of hydrogen-bond acceptors (Lipinski definition) is 5. The molecule has 0 heterocycles. The van der Waals surface area contributed by atoms with Crippen molar-refractivity contribution in [3.05, 3.63) is 82.4 Å². The summed E-state index contributed by atoms with van der Waals surface area (Å²) < 4.78 is 16.7. The molecule has 1 N–H and O–H groups in total. The van der Waals surface area contributed by atoms with Gasteiger partial charge in [0.05, 0.1) is 31.1 Å². The molecular weight excluding hydrogens is 424 g/mol. The Balaban J connectivity index is 1.62. The average Bonchev–Trinajstić information content (AvgIpc) is 2.78. The number of hydrazone groups is 1. The first kappa shape index (κ1) is 23.5. The van der Waals surface area contributed by atoms with Crippen molar-refractivity contribution in [3.8, 4) is 17.2 Å². The summed E-state index contributed by atoms with van der Waals surface area (Å²) in [5.41, 5.74) is 7.13. The van der Waals surface area contributed by atoms with Gasteiger partial charge in [-0.3, -0.25) is 5.43 Å². The molecule has 0 aliphatic heterocycles. The largest absolute Gasteiger partial charge is 0.495 e. The Morgan fingerprint density at radius 1 is 0.875 bits per heavy atom. The maximum Gasteiger partial charge on any atom is 0.161 e. The molecule has 0 saturated carbocycles. The van der Waals surface area contributed by atoms with E-state index in [9.17, 15) is 0 Å². The standard InChI is InChI=1S/C26H29ClN2O3/c1-26(2,3)20-9-6-18(7-10-20)17-32-24-12-8-19(14-25(24)31-5)16-28-29-21-11-13-23(30-4)22(27)15-21/h6-16,29H,17H2,1-5H3/b28-16+. The molecule has 5 nitrogen and oxygen atoms in total. The Kier molecular flexibility index (Phi) is 7.65. The number of nitrogens with one attached hydrogen (secondary N) is 1. The predicted octanol–water partition coefficient (Wildman–Crippen LogP) is 6.68. The summed E-state index contributed by atoms with van der Waals surface area (Å²) in [6.45, 7) is 7.08. The van der Waals surface area contributed by atoms with E-state index in [-0.39, 0.29) is 5.41 Å². The Hall–Kier alpha value is -3.18. The van der Waals surface area contributed by atoms with Crippen LogP contribution in [0.5, 0.6) is 17.2 Å². The summed E-state index contributed by atoms with van der Waals surface area (Å²) in [7, 11) is 3.20. The molecule has 0 radical (unpaired) electrons. The van der Waals surface area contributed by atoms with Crippen LogP contribution in [0.2, 0.25) is 5.02 Å². The zero-order chi connectivity index (χ0) is 23.1. The smallest absolute Gasteiger partial charge is 0.161 e. The number of benzene rings is 3. The van der Waals surface area contributed by atoms with E-state index in [0.29, 0.717) is 28.9 Å². The Labute approximate surface area is 195 Å². The van der Waals surface area contributed by atoms with Crippen LogP contribution in [0.4, 0.5) is 5.69 Å². The third kappa shape index (κ3) is 6.17. The van der Waals surface area contributed by atoms with Gasteiger partial charge >= 0.3 is 0 Å². The number of ether oxygens (including phenoxy) is 3. The van der Waals surface area contributed by atoms with Crippen LogP contribution in [-0.2, 0) is 12.0 Å². The molecule has 168 valence electrons. The van der Waals surface area contributed by atoms with E-state index in [4.69, 9.17) is 25.8 Å². The highest BCUT2D eigenvalue weighted by Crippen LogP contribution is 2.29. The Bertz CT molecular complexity index is 1070. The van der Waals surface area contributed by atoms with E-state index in [0.717, 1.165) is 16.8 Å². The minimum absolute atomic E-state index is 0.133. The Morgan fingerprint density at radius 2 is 1.56 bits per heavy atom. The van der Waals surface area contributed by atoms with Crippen molar-refractivity contribution in [2.24, 2.45) is 5.10 Å². The van der Waals surface area contributed by atoms with Crippen LogP contribution in [0.15, 0.2) is 65.8 Å². The highest BCUT2D eigenvalue weighted by molar-refractivity contribution is 6.32. The molecule has 3 aromatic rings. The molecule has 0 fully saturated rings. The van der Waals surface area contributed by atoms with Crippen LogP contribution in [0.3, 0.4) is 0 Å². The van der Waals surface area contributed by atoms with Crippen molar-refractivity contribution in [1.82, 2.24) is 0 Å². The SMILES string of the molecule is COc1ccc(N/N=C/c2ccc(OCc3ccc(C(C)(C)C)cc3)c(OC)c2)cc1Cl. The van der Waals surface area contributed by atoms with Crippen molar-refractivity contribution in [2.75, 3.05) is 19.6 Å². The normalized spacial score (nSPS) is 11.4. The van der Waals surface area contributed by atoms with Gasteiger partial charge in [0.1, 0.15) is 12.4 Å². The molecule has 32 heavy (non-hydrogen) atoms. The van der Waals surface area contributed by atoms with Crippen molar-refractivity contribution in [3.63, 3.8) is 0 Å². The summed E-state index contributed by atoms with van der Waals surface area (Å²) in [6.07, 6.45) is 1.70. The second-order valence-corrected chi connectivity index (χ2v) is 8.77. The first-order valence-electron chi connectivity index (χ1n) is 10.3. The Morgan fingerprint density at radius 3 is 2.19 bits per heavy atom. The van der Waals surface area contributed by atoms with Crippen molar-refractivity contribution >= 4 is 23.5 Å². The number of halogens is 1. The molecule has 0 spiro atoms. The van der Waals surface area contributed by atoms with E-state index in [1.807, 2.05) is 24.3 Å². The van der Waals surface area contributed by atoms with Gasteiger partial charge in [-0.15, -0.1) is 0 Å². The van der Waals surface area contributed by atoms with E-state index in [1.54, 1.807) is 32.6 Å². The lowest BCUT2D eigenvalue weighted by Gasteiger charge is -2.19. The number of nitrogens with zero attached hydrogens (tertiary/aromatic N) is 1. The van der Waals surface area contributed by atoms with Crippen molar-refractivity contribution < 1.29 is 14.2 Å². The molecule has 0 aliphatic carbocycles. The van der Waals surface area contributed by atoms with Gasteiger partial charge in [-0.2, -0.15) is 5.10 Å². The topological polar surface area (TPSA) is 52.1 Å². The summed E-state index contributed by atoms with van der Waals surface area (Å²) in [5.74, 6) is 1.94. The molecule has 0 saturated heterocycles. The maximum atomic E-state index is 6.14. The van der Waals surface area contributed by atoms with Crippen LogP contribution in [0.25, 0.3) is 0 Å². The summed E-state index contributed by atoms with van der Waals surface area (Å²) in [5, 5.41) is 4.78. The van der Waals surface area contributed by atoms with Crippen LogP contribution < -0.4 is 19.6 Å². The van der Waals surface area contributed by atoms with Gasteiger partial charge < -0.3 is 14.2 Å². The molecule has 0 amide bonds. The number of rotatable bonds is 8. The van der Waals surface area contributed by atoms with Crippen molar-refractivity contribution in [1.29, 1.82) is 0 Å². The lowest BCUT2D eigenvalue weighted by atomic mass is 9.87. The van der Waals surface area contributed by atoms with E-state index >= 15 is 0 Å². The second kappa shape index (κ2) is 10.4. The van der Waals surface area contributed by atoms with Crippen LogP contribution in [0, 0.1) is 0 Å². The van der Waals surface area contributed by atoms with Gasteiger partial charge in [0.2, 0.25) is 0 Å². The van der Waals surface area contributed by atoms with Gasteiger partial charge in [0.25, 0.3) is 0 Å². The van der Waals surface area contributed by atoms with Gasteiger partial charge in [-0.05, 0) is 58.5 Å². The molecular formula is C26H29ClN2O3. The fraction of sp³-hybridized carbons (Fsp3) is 0.269. The fourth-order valence-corrected chi connectivity index (χ4v) is 3.32. The molecule has 0 atom stereocenters. The third-order valence-electron chi connectivity index (χ3n) is 4.96. The fourth-order valence-electron chi connectivity index (χ4n) is 3.06. The number of methoxy groups -OCH3 is 2. The van der Waals surface area contributed by atoms with E-state index < -0.39 is 0 Å². The van der Waals surface area contributed by atoms with E-state index in [2.05, 4.69) is 55.6 Å². The molecule has 0 aromatic heterocycles. The summed E-state index contributed by atoms with van der Waals surface area (Å²) in [6, 6.07) is 19.6. The minimum atomic E-state index is 0.133. The summed E-state index contributed by atoms with van der Waals surface area (Å²) in [4.78, 5) is 0. The molecule has 0 unspecified atom stereocenters. The molecule has 3 rings (SSSR count). The van der Waals surface area contributed by atoms with Crippen LogP contribution >= 0.6 is 11.6 Å². The lowest BCUT2D eigenvalue weighted by Crippen LogP contribution is -2.10. The number of anilines is 1. The molecule has 0 aliphatic rings. The zero-order valence-corrected chi connectivity index (χ0v) is 19.9. The summed E-state index contributed by atoms with van der Waals surface area (Å²) >= 11 is 6.14. The lowest BCUT2D eigenvalue weighted by molar-refractivity contribution is 0.284. The third-order valence-corrected chi connectivity index (χ3v) is 5.26. The van der Waals surface area contributed by atoms with Crippen molar-refractivity contribution in [2.45, 2.75) is 32.8 Å². The quantitative estimate of drug-likeness (QED) is 0.306. The molecule has 6 heteroatoms. The van der Waals surface area contributed by atoms with Gasteiger partial charge in [0, 0.05) is 0 Å². The minimum Gasteiger partial charge on any atom is -0.495 e. The second-order valence-electron chi connectivity index (χ2n) is 8.37. The predicted molar refractivity (Wildman–Crippen MR) is 132 cm³/mol.